The van der Waals surface area contributed by atoms with Crippen LogP contribution in [0.5, 0.6) is 0 Å². The average Bonchev–Trinajstić information content (AvgIpc) is 2.96. The van der Waals surface area contributed by atoms with Crippen LogP contribution in [0.3, 0.4) is 0 Å². The van der Waals surface area contributed by atoms with E-state index in [4.69, 9.17) is 5.73 Å². The highest BCUT2D eigenvalue weighted by molar-refractivity contribution is 9.11. The summed E-state index contributed by atoms with van der Waals surface area (Å²) in [6.45, 7) is 0. The van der Waals surface area contributed by atoms with E-state index in [0.717, 1.165) is 32.6 Å². The second-order valence-corrected chi connectivity index (χ2v) is 6.86. The Bertz CT molecular complexity index is 716. The van der Waals surface area contributed by atoms with Crippen molar-refractivity contribution in [1.82, 2.24) is 9.55 Å². The molecule has 3 nitrogen and oxygen atoms in total. The second kappa shape index (κ2) is 5.07. The number of nitrogens with two attached hydrogens (primary N) is 1. The second-order valence-electron chi connectivity index (χ2n) is 4.57. The summed E-state index contributed by atoms with van der Waals surface area (Å²) in [5.41, 5.74) is 9.60. The topological polar surface area (TPSA) is 43.8 Å². The predicted octanol–water partition coefficient (Wildman–Crippen LogP) is 3.64. The molecule has 2 N–H and O–H groups in total. The van der Waals surface area contributed by atoms with Gasteiger partial charge in [0.15, 0.2) is 0 Å². The van der Waals surface area contributed by atoms with E-state index >= 15 is 0 Å². The first-order valence-corrected chi connectivity index (χ1v) is 7.72. The SMILES string of the molecule is Cn1c(CC(N)c2csc(Br)c2)nc2ccccc21. The lowest BCUT2D eigenvalue weighted by atomic mass is 10.1. The molecular formula is C14H14BrN3S. The zero-order valence-corrected chi connectivity index (χ0v) is 12.9. The van der Waals surface area contributed by atoms with Gasteiger partial charge in [0.2, 0.25) is 0 Å². The summed E-state index contributed by atoms with van der Waals surface area (Å²) in [6.07, 6.45) is 0.744. The molecule has 0 aliphatic rings. The number of benzene rings is 1. The Hall–Kier alpha value is -1.17. The van der Waals surface area contributed by atoms with Crippen LogP contribution in [0, 0.1) is 0 Å². The lowest BCUT2D eigenvalue weighted by molar-refractivity contribution is 0.667. The molecule has 0 saturated heterocycles. The summed E-state index contributed by atoms with van der Waals surface area (Å²) in [5.74, 6) is 1.02. The van der Waals surface area contributed by atoms with E-state index in [0.29, 0.717) is 0 Å². The first-order chi connectivity index (χ1) is 9.15. The number of fused-ring (bicyclic) bond motifs is 1. The smallest absolute Gasteiger partial charge is 0.111 e. The van der Waals surface area contributed by atoms with Crippen LogP contribution in [0.1, 0.15) is 17.4 Å². The minimum Gasteiger partial charge on any atom is -0.331 e. The summed E-state index contributed by atoms with van der Waals surface area (Å²) in [7, 11) is 2.04. The Labute approximate surface area is 124 Å². The van der Waals surface area contributed by atoms with Gasteiger partial charge in [0.25, 0.3) is 0 Å². The van der Waals surface area contributed by atoms with Crippen molar-refractivity contribution in [2.45, 2.75) is 12.5 Å². The minimum atomic E-state index is -0.0157. The predicted molar refractivity (Wildman–Crippen MR) is 83.4 cm³/mol. The highest BCUT2D eigenvalue weighted by Crippen LogP contribution is 2.26. The van der Waals surface area contributed by atoms with E-state index in [1.54, 1.807) is 11.3 Å². The van der Waals surface area contributed by atoms with Gasteiger partial charge in [0.1, 0.15) is 5.82 Å². The summed E-state index contributed by atoms with van der Waals surface area (Å²) in [5, 5.41) is 2.09. The van der Waals surface area contributed by atoms with E-state index in [1.165, 1.54) is 0 Å². The monoisotopic (exact) mass is 335 g/mol. The lowest BCUT2D eigenvalue weighted by Crippen LogP contribution is -2.15. The fourth-order valence-electron chi connectivity index (χ4n) is 2.21. The van der Waals surface area contributed by atoms with Gasteiger partial charge in [-0.2, -0.15) is 0 Å². The number of aryl methyl sites for hydroxylation is 1. The van der Waals surface area contributed by atoms with Gasteiger partial charge in [-0.05, 0) is 45.1 Å². The molecule has 0 radical (unpaired) electrons. The Morgan fingerprint density at radius 2 is 2.21 bits per heavy atom. The molecule has 0 spiro atoms. The quantitative estimate of drug-likeness (QED) is 0.794. The van der Waals surface area contributed by atoms with Crippen molar-refractivity contribution in [1.29, 1.82) is 0 Å². The van der Waals surface area contributed by atoms with Crippen LogP contribution in [-0.2, 0) is 13.5 Å². The van der Waals surface area contributed by atoms with Gasteiger partial charge in [-0.3, -0.25) is 0 Å². The Morgan fingerprint density at radius 3 is 2.89 bits per heavy atom. The van der Waals surface area contributed by atoms with Gasteiger partial charge >= 0.3 is 0 Å². The number of imidazole rings is 1. The number of nitrogens with zero attached hydrogens (tertiary/aromatic N) is 2. The molecule has 3 aromatic rings. The third-order valence-corrected chi connectivity index (χ3v) is 4.82. The lowest BCUT2D eigenvalue weighted by Gasteiger charge is -2.09. The average molecular weight is 336 g/mol. The van der Waals surface area contributed by atoms with Crippen LogP contribution < -0.4 is 5.73 Å². The van der Waals surface area contributed by atoms with E-state index in [9.17, 15) is 0 Å². The standard InChI is InChI=1S/C14H14BrN3S/c1-18-12-5-3-2-4-11(12)17-14(18)7-10(16)9-6-13(15)19-8-9/h2-6,8,10H,7,16H2,1H3. The molecule has 2 aromatic heterocycles. The maximum Gasteiger partial charge on any atom is 0.111 e. The molecule has 0 amide bonds. The molecular weight excluding hydrogens is 322 g/mol. The van der Waals surface area contributed by atoms with E-state index in [1.807, 2.05) is 25.2 Å². The molecule has 1 aromatic carbocycles. The Balaban J connectivity index is 1.91. The van der Waals surface area contributed by atoms with Crippen molar-refractivity contribution >= 4 is 38.3 Å². The maximum atomic E-state index is 6.26. The first-order valence-electron chi connectivity index (χ1n) is 6.05. The van der Waals surface area contributed by atoms with Gasteiger partial charge in [0, 0.05) is 19.5 Å². The highest BCUT2D eigenvalue weighted by Gasteiger charge is 2.14. The summed E-state index contributed by atoms with van der Waals surface area (Å²) in [4.78, 5) is 4.66. The molecule has 3 rings (SSSR count). The van der Waals surface area contributed by atoms with Crippen molar-refractivity contribution in [2.75, 3.05) is 0 Å². The Kier molecular flexibility index (Phi) is 3.43. The van der Waals surface area contributed by atoms with Gasteiger partial charge < -0.3 is 10.3 Å². The first kappa shape index (κ1) is 12.8. The van der Waals surface area contributed by atoms with Crippen LogP contribution in [0.15, 0.2) is 39.5 Å². The van der Waals surface area contributed by atoms with Gasteiger partial charge in [-0.1, -0.05) is 12.1 Å². The fourth-order valence-corrected chi connectivity index (χ4v) is 3.45. The van der Waals surface area contributed by atoms with Crippen molar-refractivity contribution in [3.05, 3.63) is 50.9 Å². The largest absolute Gasteiger partial charge is 0.331 e. The van der Waals surface area contributed by atoms with E-state index in [2.05, 4.69) is 43.0 Å². The van der Waals surface area contributed by atoms with Crippen molar-refractivity contribution in [3.8, 4) is 0 Å². The number of hydrogen-bond donors (Lipinski definition) is 1. The van der Waals surface area contributed by atoms with Gasteiger partial charge in [-0.25, -0.2) is 4.98 Å². The Morgan fingerprint density at radius 1 is 1.42 bits per heavy atom. The zero-order valence-electron chi connectivity index (χ0n) is 10.5. The summed E-state index contributed by atoms with van der Waals surface area (Å²) in [6, 6.07) is 10.2. The third-order valence-electron chi connectivity index (χ3n) is 3.30. The fraction of sp³-hybridized carbons (Fsp3) is 0.214. The molecule has 0 aliphatic heterocycles. The molecule has 1 atom stereocenters. The molecule has 1 unspecified atom stereocenters. The van der Waals surface area contributed by atoms with Crippen LogP contribution in [-0.4, -0.2) is 9.55 Å². The summed E-state index contributed by atoms with van der Waals surface area (Å²) < 4.78 is 3.24. The van der Waals surface area contributed by atoms with Gasteiger partial charge in [0.05, 0.1) is 14.8 Å². The molecule has 0 fully saturated rings. The third kappa shape index (κ3) is 2.45. The number of halogens is 1. The van der Waals surface area contributed by atoms with Crippen LogP contribution in [0.4, 0.5) is 0 Å². The number of thiophene rings is 1. The number of para-hydroxylation sites is 2. The molecule has 2 heterocycles. The molecule has 0 aliphatic carbocycles. The maximum absolute atomic E-state index is 6.26. The van der Waals surface area contributed by atoms with E-state index in [-0.39, 0.29) is 6.04 Å². The zero-order chi connectivity index (χ0) is 13.4. The summed E-state index contributed by atoms with van der Waals surface area (Å²) >= 11 is 5.13. The minimum absolute atomic E-state index is 0.0157. The molecule has 0 saturated carbocycles. The molecule has 98 valence electrons. The molecule has 19 heavy (non-hydrogen) atoms. The van der Waals surface area contributed by atoms with Crippen molar-refractivity contribution < 1.29 is 0 Å². The number of rotatable bonds is 3. The number of aromatic nitrogens is 2. The van der Waals surface area contributed by atoms with E-state index < -0.39 is 0 Å². The van der Waals surface area contributed by atoms with Crippen molar-refractivity contribution in [2.24, 2.45) is 12.8 Å². The normalized spacial score (nSPS) is 13.0. The van der Waals surface area contributed by atoms with Gasteiger partial charge in [-0.15, -0.1) is 11.3 Å². The van der Waals surface area contributed by atoms with Crippen LogP contribution in [0.25, 0.3) is 11.0 Å². The van der Waals surface area contributed by atoms with Crippen LogP contribution in [0.2, 0.25) is 0 Å². The number of hydrogen-bond acceptors (Lipinski definition) is 3. The highest BCUT2D eigenvalue weighted by atomic mass is 79.9. The molecule has 5 heteroatoms. The van der Waals surface area contributed by atoms with Crippen molar-refractivity contribution in [3.63, 3.8) is 0 Å². The van der Waals surface area contributed by atoms with Crippen LogP contribution >= 0.6 is 27.3 Å². The molecule has 0 bridgehead atoms.